The van der Waals surface area contributed by atoms with Crippen LogP contribution in [0.4, 0.5) is 0 Å². The first-order valence-electron chi connectivity index (χ1n) is 2.57. The van der Waals surface area contributed by atoms with Gasteiger partial charge in [-0.2, -0.15) is 10.5 Å². The summed E-state index contributed by atoms with van der Waals surface area (Å²) in [4.78, 5) is 0. The van der Waals surface area contributed by atoms with Gasteiger partial charge in [0, 0.05) is 0 Å². The molecule has 0 saturated carbocycles. The Morgan fingerprint density at radius 2 is 0.571 bits per heavy atom. The summed E-state index contributed by atoms with van der Waals surface area (Å²) in [6, 6.07) is 0. The zero-order valence-corrected chi connectivity index (χ0v) is 12.6. The molecule has 0 amide bonds. The molecular weight excluding hydrogens is 456 g/mol. The van der Waals surface area contributed by atoms with Crippen molar-refractivity contribution in [3.8, 4) is 12.5 Å². The van der Waals surface area contributed by atoms with Crippen LogP contribution in [0.25, 0.3) is 0 Å². The maximum absolute atomic E-state index is 8.54. The second-order valence-electron chi connectivity index (χ2n) is 0.268. The first-order chi connectivity index (χ1) is 10.2. The molecule has 0 atom stereocenters. The average Bonchev–Trinajstić information content (AvgIpc) is 2.60. The monoisotopic (exact) mass is 458 g/mol. The molecule has 0 heterocycles. The van der Waals surface area contributed by atoms with E-state index in [1.54, 1.807) is 0 Å². The third-order valence-corrected chi connectivity index (χ3v) is 0. The van der Waals surface area contributed by atoms with Gasteiger partial charge in [-0.3, -0.25) is 0 Å². The first kappa shape index (κ1) is 68.9. The van der Waals surface area contributed by atoms with Crippen LogP contribution in [0.1, 0.15) is 0 Å². The molecule has 0 radical (unpaired) electrons. The summed E-state index contributed by atoms with van der Waals surface area (Å²) >= 11 is -2.25. The van der Waals surface area contributed by atoms with E-state index in [4.69, 9.17) is 98.5 Å². The third kappa shape index (κ3) is 172. The maximum atomic E-state index is 8.54. The molecule has 0 saturated heterocycles. The number of nitrogens with zero attached hydrogens (tertiary/aromatic N) is 8. The van der Waals surface area contributed by atoms with Crippen LogP contribution in [-0.2, 0) is 25.3 Å². The second kappa shape index (κ2) is 2440. The SMILES string of the molecule is N#CO.N#CO.[C-]#N.[C-]#N.[C-]#N.[C-]#N.[C-]#N.[C-]#N.[O]=[W]=[O]. The zero-order valence-electron chi connectivity index (χ0n) is 9.70. The van der Waals surface area contributed by atoms with Crippen molar-refractivity contribution in [2.24, 2.45) is 0 Å². The molecule has 12 nitrogen and oxygen atoms in total. The summed E-state index contributed by atoms with van der Waals surface area (Å²) in [6.07, 6.45) is 1.50. The number of hydrogen-bond acceptors (Lipinski definition) is 12. The van der Waals surface area contributed by atoms with Crippen molar-refractivity contribution in [1.29, 1.82) is 42.1 Å². The van der Waals surface area contributed by atoms with Gasteiger partial charge in [0.1, 0.15) is 0 Å². The molecule has 110 valence electrons. The predicted molar refractivity (Wildman–Crippen MR) is 46.3 cm³/mol. The molecule has 0 aromatic heterocycles. The van der Waals surface area contributed by atoms with E-state index in [2.05, 4.69) is 0 Å². The summed E-state index contributed by atoms with van der Waals surface area (Å²) in [6.45, 7) is 28.5. The fourth-order valence-corrected chi connectivity index (χ4v) is 0. The standard InChI is InChI=1S/2CHNO.6CN.2O.W/c2*2-1-3;6*1-2;;;/h2*3H;;;;;;;;;/q;;6*-1;;;. The molecule has 0 aromatic carbocycles. The Bertz CT molecular complexity index is 292. The molecule has 21 heavy (non-hydrogen) atoms. The van der Waals surface area contributed by atoms with E-state index in [1.165, 1.54) is 0 Å². The van der Waals surface area contributed by atoms with Crippen LogP contribution in [0.5, 0.6) is 0 Å². The Balaban J connectivity index is -0.0000000111. The van der Waals surface area contributed by atoms with Crippen molar-refractivity contribution < 1.29 is 35.5 Å². The fraction of sp³-hybridized carbons (Fsp3) is 0. The molecule has 0 aliphatic rings. The third-order valence-electron chi connectivity index (χ3n) is 0. The number of nitriles is 2. The summed E-state index contributed by atoms with van der Waals surface area (Å²) in [7, 11) is 0. The van der Waals surface area contributed by atoms with Crippen molar-refractivity contribution in [3.63, 3.8) is 0 Å². The van der Waals surface area contributed by atoms with Crippen LogP contribution in [0.2, 0.25) is 0 Å². The van der Waals surface area contributed by atoms with E-state index in [9.17, 15) is 0 Å². The molecule has 13 heteroatoms. The number of rotatable bonds is 0. The van der Waals surface area contributed by atoms with Crippen LogP contribution in [0.15, 0.2) is 0 Å². The van der Waals surface area contributed by atoms with Crippen LogP contribution >= 0.6 is 0 Å². The molecular formula is C8H2N8O4W-6. The van der Waals surface area contributed by atoms with E-state index in [0.717, 1.165) is 12.5 Å². The fourth-order valence-electron chi connectivity index (χ4n) is 0. The number of hydrogen-bond donors (Lipinski definition) is 2. The van der Waals surface area contributed by atoms with E-state index < -0.39 is 18.5 Å². The van der Waals surface area contributed by atoms with Crippen molar-refractivity contribution in [2.75, 3.05) is 0 Å². The Labute approximate surface area is 130 Å². The molecule has 0 spiro atoms. The Hall–Kier alpha value is -4.19. The Morgan fingerprint density at radius 3 is 0.571 bits per heavy atom. The van der Waals surface area contributed by atoms with Gasteiger partial charge in [-0.1, -0.05) is 0 Å². The molecule has 0 aliphatic heterocycles. The Kier molecular flexibility index (Phi) is 8010. The average molecular weight is 458 g/mol. The summed E-state index contributed by atoms with van der Waals surface area (Å²) in [5.74, 6) is 0. The summed E-state index contributed by atoms with van der Waals surface area (Å²) in [5.41, 5.74) is 0. The second-order valence-corrected chi connectivity index (χ2v) is 0.757. The molecule has 0 fully saturated rings. The van der Waals surface area contributed by atoms with Gasteiger partial charge in [0.2, 0.25) is 0 Å². The quantitative estimate of drug-likeness (QED) is 0.359. The predicted octanol–water partition coefficient (Wildman–Crippen LogP) is 0.0181. The summed E-state index contributed by atoms with van der Waals surface area (Å²) in [5, 5.41) is 65.0. The van der Waals surface area contributed by atoms with Gasteiger partial charge in [0.15, 0.2) is 0 Å². The van der Waals surface area contributed by atoms with E-state index >= 15 is 0 Å². The first-order valence-corrected chi connectivity index (χ1v) is 4.96. The summed E-state index contributed by atoms with van der Waals surface area (Å²) < 4.78 is 17.1. The van der Waals surface area contributed by atoms with Crippen molar-refractivity contribution in [1.82, 2.24) is 0 Å². The van der Waals surface area contributed by atoms with Crippen LogP contribution < -0.4 is 0 Å². The van der Waals surface area contributed by atoms with Crippen LogP contribution in [-0.4, -0.2) is 10.2 Å². The topological polar surface area (TPSA) is 265 Å². The number of aliphatic hydroxyl groups is 2. The zero-order chi connectivity index (χ0) is 20.1. The van der Waals surface area contributed by atoms with Crippen molar-refractivity contribution in [3.05, 3.63) is 39.4 Å². The van der Waals surface area contributed by atoms with Crippen molar-refractivity contribution >= 4 is 0 Å². The van der Waals surface area contributed by atoms with Gasteiger partial charge in [0.05, 0.1) is 0 Å². The number of aliphatic hydroxyl groups excluding tert-OH is 2. The van der Waals surface area contributed by atoms with Crippen LogP contribution in [0, 0.1) is 94.0 Å². The minimum atomic E-state index is -2.25. The van der Waals surface area contributed by atoms with Crippen molar-refractivity contribution in [2.45, 2.75) is 0 Å². The van der Waals surface area contributed by atoms with Gasteiger partial charge in [-0.05, 0) is 0 Å². The van der Waals surface area contributed by atoms with E-state index in [1.807, 2.05) is 0 Å². The normalized spacial score (nSPS) is 1.81. The molecule has 0 unspecified atom stereocenters. The van der Waals surface area contributed by atoms with E-state index in [0.29, 0.717) is 0 Å². The molecule has 0 bridgehead atoms. The molecule has 0 aliphatic carbocycles. The van der Waals surface area contributed by atoms with Gasteiger partial charge in [0.25, 0.3) is 12.5 Å². The van der Waals surface area contributed by atoms with Gasteiger partial charge >= 0.3 is 25.3 Å². The molecule has 0 aromatic rings. The van der Waals surface area contributed by atoms with E-state index in [-0.39, 0.29) is 0 Å². The Morgan fingerprint density at radius 1 is 0.571 bits per heavy atom. The molecule has 2 N–H and O–H groups in total. The minimum absolute atomic E-state index is 0.750. The van der Waals surface area contributed by atoms with Crippen LogP contribution in [0.3, 0.4) is 0 Å². The van der Waals surface area contributed by atoms with Gasteiger partial charge in [-0.15, -0.1) is 0 Å². The van der Waals surface area contributed by atoms with Gasteiger partial charge < -0.3 is 81.2 Å². The molecule has 0 rings (SSSR count). The van der Waals surface area contributed by atoms with Gasteiger partial charge in [-0.25, -0.2) is 0 Å².